The molecule has 0 bridgehead atoms. The Balaban J connectivity index is 1.60. The van der Waals surface area contributed by atoms with Crippen LogP contribution >= 0.6 is 0 Å². The van der Waals surface area contributed by atoms with E-state index in [2.05, 4.69) is 51.7 Å². The van der Waals surface area contributed by atoms with Crippen molar-refractivity contribution in [2.45, 2.75) is 6.42 Å². The number of aromatic nitrogens is 4. The third-order valence-electron chi connectivity index (χ3n) is 4.11. The molecule has 4 rings (SSSR count). The number of nitrogens with zero attached hydrogens (tertiary/aromatic N) is 3. The van der Waals surface area contributed by atoms with E-state index in [0.717, 1.165) is 23.1 Å². The van der Waals surface area contributed by atoms with Gasteiger partial charge in [0.25, 0.3) is 0 Å². The molecule has 5 nitrogen and oxygen atoms in total. The highest BCUT2D eigenvalue weighted by atomic mass is 16.5. The fourth-order valence-corrected chi connectivity index (χ4v) is 2.96. The molecular weight excluding hydrogens is 300 g/mol. The lowest BCUT2D eigenvalue weighted by Crippen LogP contribution is -2.02. The molecule has 4 aromatic rings. The second kappa shape index (κ2) is 6.20. The molecule has 0 fully saturated rings. The van der Waals surface area contributed by atoms with Crippen LogP contribution in [0.1, 0.15) is 5.56 Å². The summed E-state index contributed by atoms with van der Waals surface area (Å²) >= 11 is 0. The van der Waals surface area contributed by atoms with Crippen LogP contribution in [0.2, 0.25) is 0 Å². The van der Waals surface area contributed by atoms with E-state index in [1.54, 1.807) is 10.9 Å². The Morgan fingerprint density at radius 3 is 2.79 bits per heavy atom. The lowest BCUT2D eigenvalue weighted by atomic mass is 9.95. The summed E-state index contributed by atoms with van der Waals surface area (Å²) in [7, 11) is 1.88. The molecule has 2 heterocycles. The highest BCUT2D eigenvalue weighted by Crippen LogP contribution is 2.30. The largest absolute Gasteiger partial charge is 0.490 e. The van der Waals surface area contributed by atoms with Crippen molar-refractivity contribution in [1.82, 2.24) is 20.0 Å². The molecule has 0 atom stereocenters. The molecule has 0 unspecified atom stereocenters. The normalized spacial score (nSPS) is 11.0. The quantitative estimate of drug-likeness (QED) is 0.612. The Labute approximate surface area is 139 Å². The van der Waals surface area contributed by atoms with E-state index in [4.69, 9.17) is 4.74 Å². The molecule has 24 heavy (non-hydrogen) atoms. The zero-order chi connectivity index (χ0) is 16.4. The zero-order valence-corrected chi connectivity index (χ0v) is 13.4. The summed E-state index contributed by atoms with van der Waals surface area (Å²) in [5.41, 5.74) is 4.72. The molecule has 2 aromatic heterocycles. The summed E-state index contributed by atoms with van der Waals surface area (Å²) in [5, 5.41) is 12.4. The Bertz CT molecular complexity index is 970. The molecule has 1 N–H and O–H groups in total. The number of benzene rings is 2. The number of nitrogens with one attached hydrogen (secondary N) is 1. The lowest BCUT2D eigenvalue weighted by molar-refractivity contribution is 0.322. The first-order valence-corrected chi connectivity index (χ1v) is 7.93. The van der Waals surface area contributed by atoms with Gasteiger partial charge in [0.1, 0.15) is 0 Å². The highest BCUT2D eigenvalue weighted by Gasteiger charge is 2.09. The number of fused-ring (bicyclic) bond motifs is 1. The number of rotatable bonds is 5. The third-order valence-corrected chi connectivity index (χ3v) is 4.11. The predicted molar refractivity (Wildman–Crippen MR) is 93.9 cm³/mol. The van der Waals surface area contributed by atoms with Crippen molar-refractivity contribution in [3.8, 4) is 16.9 Å². The number of hydrogen-bond donors (Lipinski definition) is 1. The van der Waals surface area contributed by atoms with E-state index in [0.29, 0.717) is 6.61 Å². The molecule has 0 saturated heterocycles. The Morgan fingerprint density at radius 1 is 1.04 bits per heavy atom. The number of H-pyrrole nitrogens is 1. The van der Waals surface area contributed by atoms with Crippen molar-refractivity contribution in [2.75, 3.05) is 6.61 Å². The van der Waals surface area contributed by atoms with Crippen LogP contribution in [-0.4, -0.2) is 26.6 Å². The van der Waals surface area contributed by atoms with Gasteiger partial charge in [-0.1, -0.05) is 36.4 Å². The first kappa shape index (κ1) is 14.5. The van der Waals surface area contributed by atoms with Crippen molar-refractivity contribution in [1.29, 1.82) is 0 Å². The van der Waals surface area contributed by atoms with Gasteiger partial charge in [-0.05, 0) is 22.8 Å². The molecule has 0 aliphatic heterocycles. The van der Waals surface area contributed by atoms with Gasteiger partial charge in [-0.25, -0.2) is 0 Å². The van der Waals surface area contributed by atoms with Gasteiger partial charge in [0.15, 0.2) is 5.75 Å². The topological polar surface area (TPSA) is 55.7 Å². The van der Waals surface area contributed by atoms with Crippen LogP contribution in [0.25, 0.3) is 22.0 Å². The minimum atomic E-state index is 0.615. The van der Waals surface area contributed by atoms with Gasteiger partial charge in [-0.15, -0.1) is 0 Å². The van der Waals surface area contributed by atoms with Crippen LogP contribution in [0, 0.1) is 0 Å². The molecule has 0 saturated carbocycles. The van der Waals surface area contributed by atoms with Crippen molar-refractivity contribution >= 4 is 10.9 Å². The Morgan fingerprint density at radius 2 is 1.92 bits per heavy atom. The molecule has 0 radical (unpaired) electrons. The zero-order valence-electron chi connectivity index (χ0n) is 13.4. The summed E-state index contributed by atoms with van der Waals surface area (Å²) in [4.78, 5) is 0. The minimum Gasteiger partial charge on any atom is -0.490 e. The fourth-order valence-electron chi connectivity index (χ4n) is 2.96. The fraction of sp³-hybridized carbons (Fsp3) is 0.158. The van der Waals surface area contributed by atoms with Crippen LogP contribution in [0.15, 0.2) is 61.1 Å². The minimum absolute atomic E-state index is 0.615. The lowest BCUT2D eigenvalue weighted by Gasteiger charge is -2.11. The average molecular weight is 318 g/mol. The highest BCUT2D eigenvalue weighted by molar-refractivity contribution is 5.95. The first-order chi connectivity index (χ1) is 11.8. The van der Waals surface area contributed by atoms with Crippen molar-refractivity contribution in [2.24, 2.45) is 7.05 Å². The standard InChI is InChI=1S/C19H18N4O/c1-23-13-15(11-21-23)24-10-9-14-5-2-3-6-16(14)17-7-4-8-19-18(17)12-20-22-19/h2-8,11-13H,9-10H2,1H3,(H,20,22). The molecule has 5 heteroatoms. The third kappa shape index (κ3) is 2.76. The van der Waals surface area contributed by atoms with Gasteiger partial charge in [0, 0.05) is 18.9 Å². The second-order valence-electron chi connectivity index (χ2n) is 5.74. The van der Waals surface area contributed by atoms with Gasteiger partial charge < -0.3 is 4.74 Å². The molecule has 0 spiro atoms. The van der Waals surface area contributed by atoms with E-state index < -0.39 is 0 Å². The number of hydrogen-bond acceptors (Lipinski definition) is 3. The number of ether oxygens (including phenoxy) is 1. The molecule has 0 aliphatic rings. The first-order valence-electron chi connectivity index (χ1n) is 7.93. The summed E-state index contributed by atoms with van der Waals surface area (Å²) in [5.74, 6) is 0.798. The van der Waals surface area contributed by atoms with Gasteiger partial charge in [0.05, 0.1) is 30.7 Å². The summed E-state index contributed by atoms with van der Waals surface area (Å²) < 4.78 is 7.53. The summed E-state index contributed by atoms with van der Waals surface area (Å²) in [6.07, 6.45) is 6.32. The van der Waals surface area contributed by atoms with Crippen LogP contribution in [0.3, 0.4) is 0 Å². The second-order valence-corrected chi connectivity index (χ2v) is 5.74. The number of aryl methyl sites for hydroxylation is 1. The Kier molecular flexibility index (Phi) is 3.75. The van der Waals surface area contributed by atoms with Gasteiger partial charge in [-0.2, -0.15) is 10.2 Å². The van der Waals surface area contributed by atoms with Crippen LogP contribution in [0.5, 0.6) is 5.75 Å². The van der Waals surface area contributed by atoms with Gasteiger partial charge in [0.2, 0.25) is 0 Å². The summed E-state index contributed by atoms with van der Waals surface area (Å²) in [6.45, 7) is 0.615. The summed E-state index contributed by atoms with van der Waals surface area (Å²) in [6, 6.07) is 14.7. The monoisotopic (exact) mass is 318 g/mol. The van der Waals surface area contributed by atoms with Crippen molar-refractivity contribution in [3.63, 3.8) is 0 Å². The molecule has 2 aromatic carbocycles. The van der Waals surface area contributed by atoms with Gasteiger partial charge >= 0.3 is 0 Å². The molecular formula is C19H18N4O. The maximum absolute atomic E-state index is 5.79. The van der Waals surface area contributed by atoms with Crippen LogP contribution in [-0.2, 0) is 13.5 Å². The predicted octanol–water partition coefficient (Wildman–Crippen LogP) is 3.58. The van der Waals surface area contributed by atoms with Crippen LogP contribution < -0.4 is 4.74 Å². The van der Waals surface area contributed by atoms with E-state index in [1.165, 1.54) is 16.7 Å². The van der Waals surface area contributed by atoms with Crippen molar-refractivity contribution in [3.05, 3.63) is 66.6 Å². The molecule has 120 valence electrons. The van der Waals surface area contributed by atoms with E-state index >= 15 is 0 Å². The Hall–Kier alpha value is -3.08. The molecule has 0 amide bonds. The van der Waals surface area contributed by atoms with E-state index in [-0.39, 0.29) is 0 Å². The van der Waals surface area contributed by atoms with Crippen LogP contribution in [0.4, 0.5) is 0 Å². The SMILES string of the molecule is Cn1cc(OCCc2ccccc2-c2cccc3[nH]ncc23)cn1. The van der Waals surface area contributed by atoms with E-state index in [1.807, 2.05) is 25.5 Å². The number of aromatic amines is 1. The maximum atomic E-state index is 5.79. The average Bonchev–Trinajstić information content (AvgIpc) is 3.24. The smallest absolute Gasteiger partial charge is 0.157 e. The maximum Gasteiger partial charge on any atom is 0.157 e. The molecule has 0 aliphatic carbocycles. The van der Waals surface area contributed by atoms with Crippen molar-refractivity contribution < 1.29 is 4.74 Å². The van der Waals surface area contributed by atoms with E-state index in [9.17, 15) is 0 Å². The van der Waals surface area contributed by atoms with Gasteiger partial charge in [-0.3, -0.25) is 9.78 Å².